The maximum absolute atomic E-state index is 6.10. The van der Waals surface area contributed by atoms with Gasteiger partial charge in [0.1, 0.15) is 0 Å². The van der Waals surface area contributed by atoms with Gasteiger partial charge in [-0.2, -0.15) is 0 Å². The van der Waals surface area contributed by atoms with E-state index >= 15 is 0 Å². The lowest BCUT2D eigenvalue weighted by molar-refractivity contribution is 0.610. The molecule has 8 heavy (non-hydrogen) atoms. The Morgan fingerprint density at radius 2 is 1.75 bits per heavy atom. The second-order valence-corrected chi connectivity index (χ2v) is 4.08. The molecule has 0 aliphatic heterocycles. The Labute approximate surface area is 54.2 Å². The van der Waals surface area contributed by atoms with Crippen LogP contribution in [0.3, 0.4) is 0 Å². The van der Waals surface area contributed by atoms with Crippen molar-refractivity contribution < 1.29 is 0 Å². The zero-order chi connectivity index (χ0) is 5.30. The summed E-state index contributed by atoms with van der Waals surface area (Å²) in [5.41, 5.74) is 0. The molecule has 4 aliphatic rings. The van der Waals surface area contributed by atoms with Crippen LogP contribution in [-0.4, -0.2) is 5.38 Å². The van der Waals surface area contributed by atoms with Crippen molar-refractivity contribution in [3.05, 3.63) is 0 Å². The first-order chi connectivity index (χ1) is 3.88. The molecule has 0 aromatic rings. The third-order valence-corrected chi connectivity index (χ3v) is 4.01. The Hall–Kier alpha value is 0.290. The number of hydrogen-bond acceptors (Lipinski definition) is 0. The van der Waals surface area contributed by atoms with Crippen LogP contribution in [0, 0.1) is 23.7 Å². The minimum absolute atomic E-state index is 0.602. The number of halogens is 1. The first-order valence-electron chi connectivity index (χ1n) is 3.52. The molecule has 4 fully saturated rings. The molecule has 44 valence electrons. The molecule has 4 saturated carbocycles. The first-order valence-corrected chi connectivity index (χ1v) is 3.95. The Balaban J connectivity index is 2.10. The molecule has 3 atom stereocenters. The highest BCUT2D eigenvalue weighted by Gasteiger charge is 2.67. The van der Waals surface area contributed by atoms with Crippen molar-refractivity contribution in [1.82, 2.24) is 0 Å². The molecular formula is C7H9Cl. The smallest absolute Gasteiger partial charge is 0.0398 e. The molecule has 4 rings (SSSR count). The monoisotopic (exact) mass is 128 g/mol. The van der Waals surface area contributed by atoms with E-state index in [9.17, 15) is 0 Å². The summed E-state index contributed by atoms with van der Waals surface area (Å²) in [6, 6.07) is 0. The van der Waals surface area contributed by atoms with Crippen molar-refractivity contribution in [2.24, 2.45) is 23.7 Å². The Morgan fingerprint density at radius 3 is 1.88 bits per heavy atom. The summed E-state index contributed by atoms with van der Waals surface area (Å²) in [6.45, 7) is 0. The highest BCUT2D eigenvalue weighted by molar-refractivity contribution is 6.21. The lowest BCUT2D eigenvalue weighted by atomic mass is 10.1. The summed E-state index contributed by atoms with van der Waals surface area (Å²) < 4.78 is 0. The van der Waals surface area contributed by atoms with Crippen LogP contribution >= 0.6 is 11.6 Å². The summed E-state index contributed by atoms with van der Waals surface area (Å²) in [6.07, 6.45) is 2.95. The highest BCUT2D eigenvalue weighted by Crippen LogP contribution is 2.71. The molecule has 0 spiro atoms. The van der Waals surface area contributed by atoms with E-state index < -0.39 is 0 Å². The summed E-state index contributed by atoms with van der Waals surface area (Å²) >= 11 is 6.10. The van der Waals surface area contributed by atoms with E-state index in [0.717, 1.165) is 23.7 Å². The molecule has 4 aliphatic carbocycles. The molecule has 4 bridgehead atoms. The zero-order valence-electron chi connectivity index (χ0n) is 4.68. The van der Waals surface area contributed by atoms with Crippen LogP contribution in [0.25, 0.3) is 0 Å². The molecule has 0 unspecified atom stereocenters. The molecule has 0 aromatic heterocycles. The second kappa shape index (κ2) is 0.965. The summed E-state index contributed by atoms with van der Waals surface area (Å²) in [5, 5.41) is 0.602. The summed E-state index contributed by atoms with van der Waals surface area (Å²) in [7, 11) is 0. The van der Waals surface area contributed by atoms with Gasteiger partial charge in [0.05, 0.1) is 0 Å². The van der Waals surface area contributed by atoms with Gasteiger partial charge >= 0.3 is 0 Å². The van der Waals surface area contributed by atoms with E-state index in [0.29, 0.717) is 5.38 Å². The minimum Gasteiger partial charge on any atom is -0.122 e. The van der Waals surface area contributed by atoms with Crippen LogP contribution in [0.1, 0.15) is 12.8 Å². The number of alkyl halides is 1. The fourth-order valence-corrected chi connectivity index (χ4v) is 3.56. The van der Waals surface area contributed by atoms with Crippen LogP contribution in [0.2, 0.25) is 0 Å². The average Bonchev–Trinajstić information content (AvgIpc) is 2.23. The lowest BCUT2D eigenvalue weighted by Crippen LogP contribution is -2.01. The topological polar surface area (TPSA) is 0 Å². The Morgan fingerprint density at radius 1 is 1.12 bits per heavy atom. The van der Waals surface area contributed by atoms with E-state index in [4.69, 9.17) is 11.6 Å². The van der Waals surface area contributed by atoms with Gasteiger partial charge in [-0.15, -0.1) is 11.6 Å². The van der Waals surface area contributed by atoms with E-state index in [1.54, 1.807) is 0 Å². The van der Waals surface area contributed by atoms with Crippen molar-refractivity contribution in [1.29, 1.82) is 0 Å². The van der Waals surface area contributed by atoms with Crippen molar-refractivity contribution in [3.63, 3.8) is 0 Å². The van der Waals surface area contributed by atoms with Gasteiger partial charge < -0.3 is 0 Å². The number of rotatable bonds is 0. The largest absolute Gasteiger partial charge is 0.122 e. The van der Waals surface area contributed by atoms with Crippen molar-refractivity contribution >= 4 is 11.6 Å². The SMILES string of the molecule is Cl[C@H]1C2C[C@@H]3C1[C@H]3C2. The Kier molecular flexibility index (Phi) is 0.502. The van der Waals surface area contributed by atoms with Gasteiger partial charge in [-0.3, -0.25) is 0 Å². The summed E-state index contributed by atoms with van der Waals surface area (Å²) in [4.78, 5) is 0. The quantitative estimate of drug-likeness (QED) is 0.437. The molecule has 0 N–H and O–H groups in total. The Bertz CT molecular complexity index is 129. The normalized spacial score (nSPS) is 73.9. The standard InChI is InChI=1S/C7H9Cl/c8-7-3-1-4-5(2-3)6(4)7/h3-7H,1-2H2/t3?,4-,5-,6?,7-/m0/s1. The van der Waals surface area contributed by atoms with Gasteiger partial charge in [0, 0.05) is 5.38 Å². The van der Waals surface area contributed by atoms with E-state index in [1.165, 1.54) is 12.8 Å². The second-order valence-electron chi connectivity index (χ2n) is 3.58. The fourth-order valence-electron chi connectivity index (χ4n) is 2.98. The van der Waals surface area contributed by atoms with Crippen LogP contribution in [0.4, 0.5) is 0 Å². The fraction of sp³-hybridized carbons (Fsp3) is 1.00. The lowest BCUT2D eigenvalue weighted by Gasteiger charge is -2.01. The van der Waals surface area contributed by atoms with E-state index in [-0.39, 0.29) is 0 Å². The van der Waals surface area contributed by atoms with Gasteiger partial charge in [-0.25, -0.2) is 0 Å². The van der Waals surface area contributed by atoms with Crippen molar-refractivity contribution in [2.75, 3.05) is 0 Å². The zero-order valence-corrected chi connectivity index (χ0v) is 5.43. The molecule has 0 radical (unpaired) electrons. The molecule has 0 heterocycles. The van der Waals surface area contributed by atoms with Gasteiger partial charge in [0.2, 0.25) is 0 Å². The minimum atomic E-state index is 0.602. The molecule has 0 nitrogen and oxygen atoms in total. The van der Waals surface area contributed by atoms with Crippen LogP contribution in [0.15, 0.2) is 0 Å². The average molecular weight is 129 g/mol. The van der Waals surface area contributed by atoms with Crippen LogP contribution in [0.5, 0.6) is 0 Å². The van der Waals surface area contributed by atoms with Gasteiger partial charge in [0.15, 0.2) is 0 Å². The third kappa shape index (κ3) is 0.255. The van der Waals surface area contributed by atoms with Crippen LogP contribution in [-0.2, 0) is 0 Å². The predicted octanol–water partition coefficient (Wildman–Crippen LogP) is 1.88. The van der Waals surface area contributed by atoms with Gasteiger partial charge in [0.25, 0.3) is 0 Å². The molecular weight excluding hydrogens is 120 g/mol. The maximum atomic E-state index is 6.10. The van der Waals surface area contributed by atoms with E-state index in [1.807, 2.05) is 0 Å². The van der Waals surface area contributed by atoms with Crippen LogP contribution < -0.4 is 0 Å². The molecule has 0 saturated heterocycles. The predicted molar refractivity (Wildman–Crippen MR) is 32.8 cm³/mol. The van der Waals surface area contributed by atoms with Crippen molar-refractivity contribution in [3.8, 4) is 0 Å². The van der Waals surface area contributed by atoms with Crippen molar-refractivity contribution in [2.45, 2.75) is 18.2 Å². The number of hydrogen-bond donors (Lipinski definition) is 0. The van der Waals surface area contributed by atoms with E-state index in [2.05, 4.69) is 0 Å². The maximum Gasteiger partial charge on any atom is 0.0398 e. The molecule has 0 amide bonds. The third-order valence-electron chi connectivity index (χ3n) is 3.37. The van der Waals surface area contributed by atoms with Gasteiger partial charge in [-0.05, 0) is 36.5 Å². The summed E-state index contributed by atoms with van der Waals surface area (Å²) in [5.74, 6) is 4.13. The molecule has 1 heteroatoms. The molecule has 0 aromatic carbocycles. The van der Waals surface area contributed by atoms with Gasteiger partial charge in [-0.1, -0.05) is 0 Å². The highest BCUT2D eigenvalue weighted by atomic mass is 35.5. The first kappa shape index (κ1) is 4.16.